The molecule has 3 rings (SSSR count). The lowest BCUT2D eigenvalue weighted by atomic mass is 10.2. The van der Waals surface area contributed by atoms with Gasteiger partial charge in [0.15, 0.2) is 5.82 Å². The highest BCUT2D eigenvalue weighted by molar-refractivity contribution is 5.67. The van der Waals surface area contributed by atoms with Gasteiger partial charge in [0, 0.05) is 37.2 Å². The number of aromatic nitrogens is 2. The quantitative estimate of drug-likeness (QED) is 0.755. The van der Waals surface area contributed by atoms with E-state index in [1.165, 1.54) is 0 Å². The molecule has 0 fully saturated rings. The van der Waals surface area contributed by atoms with Crippen LogP contribution in [0.5, 0.6) is 5.75 Å². The molecular weight excluding hydrogens is 336 g/mol. The van der Waals surface area contributed by atoms with Gasteiger partial charge in [0.25, 0.3) is 0 Å². The Balaban J connectivity index is 1.50. The number of hydrogen-bond donors (Lipinski definition) is 3. The van der Waals surface area contributed by atoms with Crippen molar-refractivity contribution in [2.75, 3.05) is 18.4 Å². The zero-order valence-corrected chi connectivity index (χ0v) is 15.2. The van der Waals surface area contributed by atoms with Crippen molar-refractivity contribution in [3.05, 3.63) is 36.4 Å². The highest BCUT2D eigenvalue weighted by Crippen LogP contribution is 2.31. The Labute approximate surface area is 152 Å². The SMILES string of the molecule is CC(C)(C)OC(=O)NC[C@H](O)CNc1ccc2c(c1)OCc1nccn1-2. The first-order valence-corrected chi connectivity index (χ1v) is 8.50. The van der Waals surface area contributed by atoms with Gasteiger partial charge in [-0.3, -0.25) is 4.57 Å². The van der Waals surface area contributed by atoms with E-state index in [-0.39, 0.29) is 13.1 Å². The van der Waals surface area contributed by atoms with Crippen molar-refractivity contribution < 1.29 is 19.4 Å². The van der Waals surface area contributed by atoms with E-state index in [0.717, 1.165) is 22.9 Å². The molecule has 8 nitrogen and oxygen atoms in total. The van der Waals surface area contributed by atoms with Gasteiger partial charge in [-0.1, -0.05) is 0 Å². The van der Waals surface area contributed by atoms with E-state index in [2.05, 4.69) is 15.6 Å². The van der Waals surface area contributed by atoms with Crippen molar-refractivity contribution in [1.82, 2.24) is 14.9 Å². The third kappa shape index (κ3) is 4.45. The Bertz CT molecular complexity index is 782. The molecule has 1 aromatic heterocycles. The van der Waals surface area contributed by atoms with Gasteiger partial charge in [0.1, 0.15) is 18.0 Å². The molecule has 2 aromatic rings. The van der Waals surface area contributed by atoms with Crippen molar-refractivity contribution in [1.29, 1.82) is 0 Å². The standard InChI is InChI=1S/C18H24N4O4/c1-18(2,3)26-17(24)21-10-13(23)9-20-12-4-5-14-15(8-12)25-11-16-19-6-7-22(14)16/h4-8,13,20,23H,9-11H2,1-3H3,(H,21,24)/t13-/m1/s1. The highest BCUT2D eigenvalue weighted by Gasteiger charge is 2.18. The van der Waals surface area contributed by atoms with Crippen LogP contribution in [-0.2, 0) is 11.3 Å². The first-order chi connectivity index (χ1) is 12.3. The fourth-order valence-electron chi connectivity index (χ4n) is 2.56. The second-order valence-electron chi connectivity index (χ2n) is 7.10. The number of ether oxygens (including phenoxy) is 2. The zero-order chi connectivity index (χ0) is 18.7. The maximum Gasteiger partial charge on any atom is 0.407 e. The smallest absolute Gasteiger partial charge is 0.407 e. The molecule has 1 amide bonds. The lowest BCUT2D eigenvalue weighted by molar-refractivity contribution is 0.0496. The molecular formula is C18H24N4O4. The second-order valence-corrected chi connectivity index (χ2v) is 7.10. The molecule has 0 bridgehead atoms. The molecule has 1 atom stereocenters. The molecule has 0 unspecified atom stereocenters. The number of carbonyl (C=O) groups is 1. The van der Waals surface area contributed by atoms with Crippen molar-refractivity contribution in [2.45, 2.75) is 39.1 Å². The normalized spacial score (nSPS) is 13.8. The number of hydrogen-bond acceptors (Lipinski definition) is 6. The van der Waals surface area contributed by atoms with Crippen LogP contribution in [0.4, 0.5) is 10.5 Å². The number of imidazole rings is 1. The first kappa shape index (κ1) is 18.1. The summed E-state index contributed by atoms with van der Waals surface area (Å²) in [6.07, 6.45) is 2.35. The summed E-state index contributed by atoms with van der Waals surface area (Å²) in [4.78, 5) is 15.8. The molecule has 0 radical (unpaired) electrons. The lowest BCUT2D eigenvalue weighted by Gasteiger charge is -2.21. The van der Waals surface area contributed by atoms with Crippen LogP contribution in [0.3, 0.4) is 0 Å². The molecule has 8 heteroatoms. The van der Waals surface area contributed by atoms with Crippen LogP contribution in [0.1, 0.15) is 26.6 Å². The summed E-state index contributed by atoms with van der Waals surface area (Å²) >= 11 is 0. The fraction of sp³-hybridized carbons (Fsp3) is 0.444. The number of aliphatic hydroxyl groups excluding tert-OH is 1. The summed E-state index contributed by atoms with van der Waals surface area (Å²) < 4.78 is 12.8. The monoisotopic (exact) mass is 360 g/mol. The van der Waals surface area contributed by atoms with Crippen molar-refractivity contribution in [3.63, 3.8) is 0 Å². The minimum atomic E-state index is -0.750. The van der Waals surface area contributed by atoms with E-state index in [4.69, 9.17) is 9.47 Å². The number of fused-ring (bicyclic) bond motifs is 3. The van der Waals surface area contributed by atoms with Crippen LogP contribution in [0, 0.1) is 0 Å². The van der Waals surface area contributed by atoms with E-state index in [0.29, 0.717) is 6.61 Å². The lowest BCUT2D eigenvalue weighted by Crippen LogP contribution is -2.39. The van der Waals surface area contributed by atoms with Gasteiger partial charge in [-0.05, 0) is 32.9 Å². The number of aliphatic hydroxyl groups is 1. The van der Waals surface area contributed by atoms with E-state index in [1.807, 2.05) is 29.0 Å². The summed E-state index contributed by atoms with van der Waals surface area (Å²) in [5.74, 6) is 1.61. The molecule has 140 valence electrons. The number of rotatable bonds is 5. The Kier molecular flexibility index (Phi) is 5.03. The summed E-state index contributed by atoms with van der Waals surface area (Å²) in [6.45, 7) is 6.17. The summed E-state index contributed by atoms with van der Waals surface area (Å²) in [6, 6.07) is 5.73. The van der Waals surface area contributed by atoms with Crippen LogP contribution >= 0.6 is 0 Å². The van der Waals surface area contributed by atoms with E-state index < -0.39 is 17.8 Å². The zero-order valence-electron chi connectivity index (χ0n) is 15.2. The van der Waals surface area contributed by atoms with Gasteiger partial charge in [0.2, 0.25) is 0 Å². The molecule has 0 saturated carbocycles. The molecule has 3 N–H and O–H groups in total. The van der Waals surface area contributed by atoms with Gasteiger partial charge in [-0.15, -0.1) is 0 Å². The topological polar surface area (TPSA) is 97.6 Å². The number of amides is 1. The van der Waals surface area contributed by atoms with E-state index in [9.17, 15) is 9.90 Å². The van der Waals surface area contributed by atoms with E-state index >= 15 is 0 Å². The van der Waals surface area contributed by atoms with Crippen LogP contribution in [0.25, 0.3) is 5.69 Å². The molecule has 2 heterocycles. The molecule has 26 heavy (non-hydrogen) atoms. The number of alkyl carbamates (subject to hydrolysis) is 1. The largest absolute Gasteiger partial charge is 0.483 e. The maximum absolute atomic E-state index is 11.6. The minimum Gasteiger partial charge on any atom is -0.483 e. The Hall–Kier alpha value is -2.74. The average molecular weight is 360 g/mol. The Morgan fingerprint density at radius 2 is 2.23 bits per heavy atom. The van der Waals surface area contributed by atoms with Gasteiger partial charge in [-0.25, -0.2) is 9.78 Å². The summed E-state index contributed by atoms with van der Waals surface area (Å²) in [7, 11) is 0. The van der Waals surface area contributed by atoms with Gasteiger partial charge in [-0.2, -0.15) is 0 Å². The number of carbonyl (C=O) groups excluding carboxylic acids is 1. The first-order valence-electron chi connectivity index (χ1n) is 8.50. The van der Waals surface area contributed by atoms with Crippen LogP contribution < -0.4 is 15.4 Å². The average Bonchev–Trinajstić information content (AvgIpc) is 3.05. The predicted molar refractivity (Wildman–Crippen MR) is 96.6 cm³/mol. The molecule has 0 spiro atoms. The van der Waals surface area contributed by atoms with Crippen LogP contribution in [0.2, 0.25) is 0 Å². The predicted octanol–water partition coefficient (Wildman–Crippen LogP) is 2.06. The van der Waals surface area contributed by atoms with Gasteiger partial charge < -0.3 is 25.2 Å². The van der Waals surface area contributed by atoms with Crippen molar-refractivity contribution in [2.24, 2.45) is 0 Å². The second kappa shape index (κ2) is 7.25. The minimum absolute atomic E-state index is 0.0990. The molecule has 1 aliphatic heterocycles. The summed E-state index contributed by atoms with van der Waals surface area (Å²) in [5, 5.41) is 15.7. The third-order valence-electron chi connectivity index (χ3n) is 3.72. The van der Waals surface area contributed by atoms with Gasteiger partial charge >= 0.3 is 6.09 Å². The van der Waals surface area contributed by atoms with Crippen LogP contribution in [0.15, 0.2) is 30.6 Å². The number of nitrogens with one attached hydrogen (secondary N) is 2. The molecule has 1 aliphatic rings. The van der Waals surface area contributed by atoms with Crippen molar-refractivity contribution >= 4 is 11.8 Å². The number of nitrogens with zero attached hydrogens (tertiary/aromatic N) is 2. The van der Waals surface area contributed by atoms with Gasteiger partial charge in [0.05, 0.1) is 11.8 Å². The Morgan fingerprint density at radius 1 is 1.42 bits per heavy atom. The van der Waals surface area contributed by atoms with Crippen LogP contribution in [-0.4, -0.2) is 45.5 Å². The number of anilines is 1. The van der Waals surface area contributed by atoms with Crippen molar-refractivity contribution in [3.8, 4) is 11.4 Å². The molecule has 0 saturated heterocycles. The Morgan fingerprint density at radius 3 is 3.00 bits per heavy atom. The third-order valence-corrected chi connectivity index (χ3v) is 3.72. The fourth-order valence-corrected chi connectivity index (χ4v) is 2.56. The summed E-state index contributed by atoms with van der Waals surface area (Å²) in [5.41, 5.74) is 1.19. The highest BCUT2D eigenvalue weighted by atomic mass is 16.6. The maximum atomic E-state index is 11.6. The number of benzene rings is 1. The molecule has 1 aromatic carbocycles. The molecule has 0 aliphatic carbocycles. The van der Waals surface area contributed by atoms with E-state index in [1.54, 1.807) is 27.0 Å².